The lowest BCUT2D eigenvalue weighted by molar-refractivity contribution is -0.380. The molecule has 0 aromatic carbocycles. The molecule has 0 aliphatic carbocycles. The summed E-state index contributed by atoms with van der Waals surface area (Å²) in [6.45, 7) is 2.31. The highest BCUT2D eigenvalue weighted by molar-refractivity contribution is 7.12. The van der Waals surface area contributed by atoms with Crippen LogP contribution in [0.4, 0.5) is 9.80 Å². The monoisotopic (exact) mass is 254 g/mol. The number of carbonyl (C=O) groups is 1. The summed E-state index contributed by atoms with van der Waals surface area (Å²) in [5.74, 6) is 2.34. The molecule has 1 heterocycles. The predicted molar refractivity (Wildman–Crippen MR) is 62.4 cm³/mol. The Hall–Kier alpha value is -2.14. The van der Waals surface area contributed by atoms with Crippen LogP contribution in [0, 0.1) is 22.5 Å². The molecule has 0 unspecified atom stereocenters. The number of urea groups is 1. The first-order valence-electron chi connectivity index (χ1n) is 4.69. The first-order chi connectivity index (χ1) is 8.08. The molecule has 2 amide bonds. The molecule has 0 bridgehead atoms. The third-order valence-corrected chi connectivity index (χ3v) is 2.65. The van der Waals surface area contributed by atoms with Crippen LogP contribution in [0.3, 0.4) is 0 Å². The molecule has 0 radical (unpaired) electrons. The SMILES string of the molecule is C#CCn1cc([N+](=O)[O-])sc1=NC(=O)NCC. The number of hydrogen-bond donors (Lipinski definition) is 1. The Morgan fingerprint density at radius 3 is 3.06 bits per heavy atom. The van der Waals surface area contributed by atoms with Crippen molar-refractivity contribution >= 4 is 22.4 Å². The maximum atomic E-state index is 11.2. The third kappa shape index (κ3) is 3.42. The van der Waals surface area contributed by atoms with Gasteiger partial charge in [-0.15, -0.1) is 6.42 Å². The van der Waals surface area contributed by atoms with Crippen molar-refractivity contribution in [3.63, 3.8) is 0 Å². The third-order valence-electron chi connectivity index (χ3n) is 1.67. The number of rotatable bonds is 3. The van der Waals surface area contributed by atoms with Gasteiger partial charge < -0.3 is 9.88 Å². The fourth-order valence-corrected chi connectivity index (χ4v) is 1.83. The van der Waals surface area contributed by atoms with Gasteiger partial charge in [-0.2, -0.15) is 4.99 Å². The van der Waals surface area contributed by atoms with Gasteiger partial charge in [0.2, 0.25) is 4.80 Å². The summed E-state index contributed by atoms with van der Waals surface area (Å²) in [6.07, 6.45) is 6.39. The van der Waals surface area contributed by atoms with Gasteiger partial charge in [0.05, 0.1) is 17.7 Å². The van der Waals surface area contributed by atoms with Gasteiger partial charge in [0, 0.05) is 6.54 Å². The van der Waals surface area contributed by atoms with Crippen LogP contribution < -0.4 is 10.1 Å². The molecule has 0 atom stereocenters. The van der Waals surface area contributed by atoms with Crippen molar-refractivity contribution in [3.05, 3.63) is 21.1 Å². The number of terminal acetylenes is 1. The number of nitro groups is 1. The van der Waals surface area contributed by atoms with E-state index in [0.29, 0.717) is 6.54 Å². The van der Waals surface area contributed by atoms with E-state index < -0.39 is 11.0 Å². The van der Waals surface area contributed by atoms with E-state index in [2.05, 4.69) is 16.2 Å². The molecule has 90 valence electrons. The van der Waals surface area contributed by atoms with Crippen LogP contribution in [0.25, 0.3) is 0 Å². The molecule has 1 rings (SSSR count). The van der Waals surface area contributed by atoms with E-state index in [1.165, 1.54) is 10.8 Å². The lowest BCUT2D eigenvalue weighted by atomic mass is 10.6. The van der Waals surface area contributed by atoms with Gasteiger partial charge >= 0.3 is 11.0 Å². The average Bonchev–Trinajstić information content (AvgIpc) is 2.63. The highest BCUT2D eigenvalue weighted by Gasteiger charge is 2.12. The van der Waals surface area contributed by atoms with Crippen molar-refractivity contribution in [1.29, 1.82) is 0 Å². The maximum Gasteiger partial charge on any atom is 0.343 e. The molecule has 0 aliphatic heterocycles. The standard InChI is InChI=1S/C9H10N4O3S/c1-3-5-12-6-7(13(15)16)17-9(12)11-8(14)10-4-2/h1,6H,4-5H2,2H3,(H,10,14). The van der Waals surface area contributed by atoms with Crippen LogP contribution in [0.5, 0.6) is 0 Å². The average molecular weight is 254 g/mol. The summed E-state index contributed by atoms with van der Waals surface area (Å²) in [7, 11) is 0. The molecular weight excluding hydrogens is 244 g/mol. The molecule has 0 spiro atoms. The smallest absolute Gasteiger partial charge is 0.336 e. The Morgan fingerprint density at radius 2 is 2.53 bits per heavy atom. The van der Waals surface area contributed by atoms with Crippen LogP contribution in [0.2, 0.25) is 0 Å². The predicted octanol–water partition coefficient (Wildman–Crippen LogP) is 0.721. The number of hydrogen-bond acceptors (Lipinski definition) is 4. The van der Waals surface area contributed by atoms with E-state index in [1.807, 2.05) is 0 Å². The Labute approximate surface area is 101 Å². The molecule has 1 aromatic heterocycles. The first-order valence-corrected chi connectivity index (χ1v) is 5.50. The number of nitrogens with one attached hydrogen (secondary N) is 1. The molecular formula is C9H10N4O3S. The van der Waals surface area contributed by atoms with Crippen molar-refractivity contribution in [2.45, 2.75) is 13.5 Å². The largest absolute Gasteiger partial charge is 0.343 e. The molecule has 0 aliphatic rings. The molecule has 17 heavy (non-hydrogen) atoms. The highest BCUT2D eigenvalue weighted by Crippen LogP contribution is 2.13. The zero-order valence-electron chi connectivity index (χ0n) is 9.04. The Kier molecular flexibility index (Phi) is 4.42. The normalized spacial score (nSPS) is 10.9. The Morgan fingerprint density at radius 1 is 1.82 bits per heavy atom. The van der Waals surface area contributed by atoms with Crippen LogP contribution in [-0.2, 0) is 6.54 Å². The van der Waals surface area contributed by atoms with Gasteiger partial charge in [-0.3, -0.25) is 10.1 Å². The molecule has 7 nitrogen and oxygen atoms in total. The Bertz CT molecular complexity index is 537. The van der Waals surface area contributed by atoms with Crippen LogP contribution in [-0.4, -0.2) is 22.1 Å². The molecule has 1 N–H and O–H groups in total. The van der Waals surface area contributed by atoms with Crippen molar-refractivity contribution < 1.29 is 9.72 Å². The fraction of sp³-hybridized carbons (Fsp3) is 0.333. The highest BCUT2D eigenvalue weighted by atomic mass is 32.1. The topological polar surface area (TPSA) is 89.5 Å². The van der Waals surface area contributed by atoms with Crippen LogP contribution >= 0.6 is 11.3 Å². The van der Waals surface area contributed by atoms with E-state index in [0.717, 1.165) is 11.3 Å². The number of nitrogens with zero attached hydrogens (tertiary/aromatic N) is 3. The van der Waals surface area contributed by atoms with Crippen molar-refractivity contribution in [3.8, 4) is 12.3 Å². The van der Waals surface area contributed by atoms with Gasteiger partial charge in [-0.25, -0.2) is 4.79 Å². The fourth-order valence-electron chi connectivity index (χ4n) is 1.03. The summed E-state index contributed by atoms with van der Waals surface area (Å²) >= 11 is 0.803. The minimum atomic E-state index is -0.547. The number of carbonyl (C=O) groups excluding carboxylic acids is 1. The van der Waals surface area contributed by atoms with Crippen molar-refractivity contribution in [2.75, 3.05) is 6.54 Å². The molecule has 0 saturated heterocycles. The minimum absolute atomic E-state index is 0.108. The maximum absolute atomic E-state index is 11.2. The molecule has 0 saturated carbocycles. The summed E-state index contributed by atoms with van der Waals surface area (Å²) in [5, 5.41) is 13.0. The van der Waals surface area contributed by atoms with E-state index in [1.54, 1.807) is 6.92 Å². The van der Waals surface area contributed by atoms with E-state index in [-0.39, 0.29) is 16.3 Å². The van der Waals surface area contributed by atoms with Gasteiger partial charge in [0.25, 0.3) is 0 Å². The molecule has 0 fully saturated rings. The summed E-state index contributed by atoms with van der Waals surface area (Å²) in [4.78, 5) is 25.2. The summed E-state index contributed by atoms with van der Waals surface area (Å²) in [6, 6.07) is -0.546. The summed E-state index contributed by atoms with van der Waals surface area (Å²) in [5.41, 5.74) is 0. The second kappa shape index (κ2) is 5.81. The number of amides is 2. The molecule has 1 aromatic rings. The number of thiazole rings is 1. The molecule has 8 heteroatoms. The van der Waals surface area contributed by atoms with Crippen molar-refractivity contribution in [2.24, 2.45) is 4.99 Å². The van der Waals surface area contributed by atoms with E-state index in [4.69, 9.17) is 6.42 Å². The zero-order valence-corrected chi connectivity index (χ0v) is 9.86. The van der Waals surface area contributed by atoms with Crippen molar-refractivity contribution in [1.82, 2.24) is 9.88 Å². The van der Waals surface area contributed by atoms with Crippen LogP contribution in [0.15, 0.2) is 11.2 Å². The Balaban J connectivity index is 3.17. The van der Waals surface area contributed by atoms with Gasteiger partial charge in [0.15, 0.2) is 0 Å². The number of aromatic nitrogens is 1. The lowest BCUT2D eigenvalue weighted by Gasteiger charge is -1.95. The lowest BCUT2D eigenvalue weighted by Crippen LogP contribution is -2.23. The van der Waals surface area contributed by atoms with Crippen LogP contribution in [0.1, 0.15) is 6.92 Å². The minimum Gasteiger partial charge on any atom is -0.336 e. The van der Waals surface area contributed by atoms with E-state index in [9.17, 15) is 14.9 Å². The first kappa shape index (κ1) is 12.9. The van der Waals surface area contributed by atoms with Gasteiger partial charge in [0.1, 0.15) is 0 Å². The van der Waals surface area contributed by atoms with Gasteiger partial charge in [-0.1, -0.05) is 5.92 Å². The second-order valence-electron chi connectivity index (χ2n) is 2.89. The second-order valence-corrected chi connectivity index (χ2v) is 3.88. The van der Waals surface area contributed by atoms with Gasteiger partial charge in [-0.05, 0) is 18.3 Å². The quantitative estimate of drug-likeness (QED) is 0.489. The zero-order chi connectivity index (χ0) is 12.8. The summed E-state index contributed by atoms with van der Waals surface area (Å²) < 4.78 is 1.39. The van der Waals surface area contributed by atoms with E-state index >= 15 is 0 Å².